The number of hydrogen-bond donors (Lipinski definition) is 2. The van der Waals surface area contributed by atoms with Crippen molar-refractivity contribution in [2.24, 2.45) is 0 Å². The van der Waals surface area contributed by atoms with Crippen molar-refractivity contribution in [2.75, 3.05) is 5.32 Å². The zero-order valence-corrected chi connectivity index (χ0v) is 12.8. The fourth-order valence-corrected chi connectivity index (χ4v) is 2.38. The Bertz CT molecular complexity index is 905. The molecule has 3 aromatic rings. The average Bonchev–Trinajstić information content (AvgIpc) is 2.97. The van der Waals surface area contributed by atoms with Gasteiger partial charge in [-0.15, -0.1) is 0 Å². The first kappa shape index (κ1) is 15.6. The second kappa shape index (κ2) is 6.45. The van der Waals surface area contributed by atoms with Gasteiger partial charge in [0, 0.05) is 12.3 Å². The molecule has 0 saturated carbocycles. The molecule has 0 radical (unpaired) electrons. The van der Waals surface area contributed by atoms with Gasteiger partial charge >= 0.3 is 0 Å². The molecule has 2 aromatic heterocycles. The second-order valence-corrected chi connectivity index (χ2v) is 5.10. The zero-order chi connectivity index (χ0) is 17.1. The predicted molar refractivity (Wildman–Crippen MR) is 86.0 cm³/mol. The molecule has 0 spiro atoms. The standard InChI is InChI=1S/C16H14FN5O2/c1-10(24)18-8-14-16-11(6-15(21-14)19-9-23)7-20-22(16)13-4-2-12(17)3-5-13/h2-7,9H,8H2,1H3,(H,18,24)(H,19,21,23). The molecule has 24 heavy (non-hydrogen) atoms. The van der Waals surface area contributed by atoms with Gasteiger partial charge in [0.2, 0.25) is 12.3 Å². The van der Waals surface area contributed by atoms with Gasteiger partial charge in [-0.1, -0.05) is 0 Å². The lowest BCUT2D eigenvalue weighted by Gasteiger charge is -2.10. The summed E-state index contributed by atoms with van der Waals surface area (Å²) in [5.74, 6) is -0.188. The summed E-state index contributed by atoms with van der Waals surface area (Å²) in [6, 6.07) is 7.55. The maximum atomic E-state index is 13.1. The maximum Gasteiger partial charge on any atom is 0.217 e. The molecular weight excluding hydrogens is 313 g/mol. The SMILES string of the molecule is CC(=O)NCc1nc(NC=O)cc2cnn(-c3ccc(F)cc3)c12. The van der Waals surface area contributed by atoms with E-state index >= 15 is 0 Å². The Balaban J connectivity index is 2.15. The second-order valence-electron chi connectivity index (χ2n) is 5.10. The molecule has 2 amide bonds. The molecule has 3 rings (SSSR count). The van der Waals surface area contributed by atoms with E-state index in [1.807, 2.05) is 0 Å². The summed E-state index contributed by atoms with van der Waals surface area (Å²) in [4.78, 5) is 26.2. The van der Waals surface area contributed by atoms with Crippen molar-refractivity contribution >= 4 is 29.0 Å². The van der Waals surface area contributed by atoms with Gasteiger partial charge in [0.15, 0.2) is 0 Å². The third kappa shape index (κ3) is 3.07. The molecule has 0 bridgehead atoms. The van der Waals surface area contributed by atoms with Crippen molar-refractivity contribution in [1.29, 1.82) is 0 Å². The predicted octanol–water partition coefficient (Wildman–Crippen LogP) is 1.76. The summed E-state index contributed by atoms with van der Waals surface area (Å²) in [5.41, 5.74) is 1.87. The van der Waals surface area contributed by atoms with Crippen LogP contribution in [0.2, 0.25) is 0 Å². The summed E-state index contributed by atoms with van der Waals surface area (Å²) in [6.45, 7) is 1.58. The smallest absolute Gasteiger partial charge is 0.217 e. The van der Waals surface area contributed by atoms with Crippen LogP contribution in [0.1, 0.15) is 12.6 Å². The third-order valence-electron chi connectivity index (χ3n) is 3.40. The van der Waals surface area contributed by atoms with E-state index in [0.717, 1.165) is 5.39 Å². The van der Waals surface area contributed by atoms with Crippen LogP contribution in [-0.4, -0.2) is 27.1 Å². The molecule has 8 heteroatoms. The Hall–Kier alpha value is -3.29. The monoisotopic (exact) mass is 327 g/mol. The first-order chi connectivity index (χ1) is 11.6. The van der Waals surface area contributed by atoms with Gasteiger partial charge in [0.05, 0.1) is 29.6 Å². The van der Waals surface area contributed by atoms with Gasteiger partial charge in [-0.05, 0) is 30.3 Å². The maximum absolute atomic E-state index is 13.1. The molecule has 0 atom stereocenters. The summed E-state index contributed by atoms with van der Waals surface area (Å²) < 4.78 is 14.8. The minimum Gasteiger partial charge on any atom is -0.351 e. The molecular formula is C16H14FN5O2. The Morgan fingerprint density at radius 2 is 2.08 bits per heavy atom. The fourth-order valence-electron chi connectivity index (χ4n) is 2.38. The van der Waals surface area contributed by atoms with E-state index in [4.69, 9.17) is 0 Å². The molecule has 2 N–H and O–H groups in total. The lowest BCUT2D eigenvalue weighted by atomic mass is 10.2. The Morgan fingerprint density at radius 3 is 2.75 bits per heavy atom. The van der Waals surface area contributed by atoms with Gasteiger partial charge < -0.3 is 10.6 Å². The topological polar surface area (TPSA) is 88.9 Å². The highest BCUT2D eigenvalue weighted by Crippen LogP contribution is 2.24. The van der Waals surface area contributed by atoms with Gasteiger partial charge in [0.1, 0.15) is 11.6 Å². The number of pyridine rings is 1. The minimum atomic E-state index is -0.343. The van der Waals surface area contributed by atoms with Crippen LogP contribution < -0.4 is 10.6 Å². The lowest BCUT2D eigenvalue weighted by molar-refractivity contribution is -0.119. The molecule has 0 aliphatic rings. The van der Waals surface area contributed by atoms with E-state index in [2.05, 4.69) is 20.7 Å². The van der Waals surface area contributed by atoms with E-state index < -0.39 is 0 Å². The summed E-state index contributed by atoms with van der Waals surface area (Å²) >= 11 is 0. The van der Waals surface area contributed by atoms with E-state index in [1.165, 1.54) is 19.1 Å². The number of rotatable bonds is 5. The normalized spacial score (nSPS) is 10.6. The van der Waals surface area contributed by atoms with Crippen molar-refractivity contribution in [3.05, 3.63) is 48.0 Å². The Kier molecular flexibility index (Phi) is 4.19. The summed E-state index contributed by atoms with van der Waals surface area (Å²) in [5, 5.41) is 10.2. The number of fused-ring (bicyclic) bond motifs is 1. The summed E-state index contributed by atoms with van der Waals surface area (Å²) in [6.07, 6.45) is 2.15. The number of anilines is 1. The Morgan fingerprint density at radius 1 is 1.33 bits per heavy atom. The van der Waals surface area contributed by atoms with E-state index in [0.29, 0.717) is 29.1 Å². The molecule has 1 aromatic carbocycles. The van der Waals surface area contributed by atoms with Crippen molar-refractivity contribution in [2.45, 2.75) is 13.5 Å². The third-order valence-corrected chi connectivity index (χ3v) is 3.40. The highest BCUT2D eigenvalue weighted by molar-refractivity contribution is 5.87. The molecule has 0 saturated heterocycles. The van der Waals surface area contributed by atoms with Crippen LogP contribution in [-0.2, 0) is 16.1 Å². The fraction of sp³-hybridized carbons (Fsp3) is 0.125. The molecule has 0 aliphatic heterocycles. The van der Waals surface area contributed by atoms with Crippen molar-refractivity contribution in [1.82, 2.24) is 20.1 Å². The largest absolute Gasteiger partial charge is 0.351 e. The highest BCUT2D eigenvalue weighted by Gasteiger charge is 2.14. The number of nitrogens with one attached hydrogen (secondary N) is 2. The molecule has 7 nitrogen and oxygen atoms in total. The zero-order valence-electron chi connectivity index (χ0n) is 12.8. The molecule has 0 unspecified atom stereocenters. The van der Waals surface area contributed by atoms with E-state index in [9.17, 15) is 14.0 Å². The van der Waals surface area contributed by atoms with Crippen LogP contribution in [0.4, 0.5) is 10.2 Å². The molecule has 2 heterocycles. The summed E-state index contributed by atoms with van der Waals surface area (Å²) in [7, 11) is 0. The Labute approximate surface area is 136 Å². The first-order valence-corrected chi connectivity index (χ1v) is 7.16. The molecule has 0 aliphatic carbocycles. The van der Waals surface area contributed by atoms with Crippen LogP contribution in [0.3, 0.4) is 0 Å². The van der Waals surface area contributed by atoms with Gasteiger partial charge in [-0.25, -0.2) is 14.1 Å². The number of carbonyl (C=O) groups is 2. The van der Waals surface area contributed by atoms with E-state index in [1.54, 1.807) is 29.1 Å². The quantitative estimate of drug-likeness (QED) is 0.699. The number of amides is 2. The lowest BCUT2D eigenvalue weighted by Crippen LogP contribution is -2.20. The number of hydrogen-bond acceptors (Lipinski definition) is 4. The first-order valence-electron chi connectivity index (χ1n) is 7.16. The van der Waals surface area contributed by atoms with Crippen LogP contribution in [0.5, 0.6) is 0 Å². The van der Waals surface area contributed by atoms with Crippen LogP contribution in [0, 0.1) is 5.82 Å². The number of carbonyl (C=O) groups excluding carboxylic acids is 2. The number of benzene rings is 1. The van der Waals surface area contributed by atoms with Gasteiger partial charge in [-0.3, -0.25) is 9.59 Å². The van der Waals surface area contributed by atoms with Gasteiger partial charge in [0.25, 0.3) is 0 Å². The molecule has 122 valence electrons. The number of aromatic nitrogens is 3. The average molecular weight is 327 g/mol. The van der Waals surface area contributed by atoms with Crippen molar-refractivity contribution in [3.63, 3.8) is 0 Å². The van der Waals surface area contributed by atoms with Crippen molar-refractivity contribution < 1.29 is 14.0 Å². The molecule has 0 fully saturated rings. The van der Waals surface area contributed by atoms with E-state index in [-0.39, 0.29) is 18.3 Å². The van der Waals surface area contributed by atoms with Crippen LogP contribution in [0.15, 0.2) is 36.5 Å². The van der Waals surface area contributed by atoms with Gasteiger partial charge in [-0.2, -0.15) is 5.10 Å². The number of nitrogens with zero attached hydrogens (tertiary/aromatic N) is 3. The number of halogens is 1. The van der Waals surface area contributed by atoms with Crippen molar-refractivity contribution in [3.8, 4) is 5.69 Å². The van der Waals surface area contributed by atoms with Crippen LogP contribution >= 0.6 is 0 Å². The minimum absolute atomic E-state index is 0.174. The van der Waals surface area contributed by atoms with Crippen LogP contribution in [0.25, 0.3) is 16.6 Å². The highest BCUT2D eigenvalue weighted by atomic mass is 19.1.